The fraction of sp³-hybridized carbons (Fsp3) is 0.611. The zero-order valence-electron chi connectivity index (χ0n) is 13.1. The second-order valence-electron chi connectivity index (χ2n) is 6.38. The highest BCUT2D eigenvalue weighted by molar-refractivity contribution is 5.75. The predicted octanol–water partition coefficient (Wildman–Crippen LogP) is 3.90. The van der Waals surface area contributed by atoms with Crippen molar-refractivity contribution in [2.45, 2.75) is 64.5 Å². The van der Waals surface area contributed by atoms with Crippen molar-refractivity contribution in [1.29, 1.82) is 0 Å². The molecule has 1 unspecified atom stereocenters. The van der Waals surface area contributed by atoms with Crippen molar-refractivity contribution in [3.63, 3.8) is 0 Å². The number of para-hydroxylation sites is 2. The maximum Gasteiger partial charge on any atom is 0.111 e. The third kappa shape index (κ3) is 3.13. The molecule has 3 rings (SSSR count). The van der Waals surface area contributed by atoms with Crippen LogP contribution in [0.1, 0.15) is 51.3 Å². The number of nitrogens with zero attached hydrogens (tertiary/aromatic N) is 2. The molecule has 1 saturated carbocycles. The molecule has 2 aromatic rings. The summed E-state index contributed by atoms with van der Waals surface area (Å²) in [5.41, 5.74) is 8.88. The Hall–Kier alpha value is -1.35. The average Bonchev–Trinajstić information content (AvgIpc) is 2.67. The van der Waals surface area contributed by atoms with Crippen LogP contribution in [0.25, 0.3) is 11.0 Å². The summed E-state index contributed by atoms with van der Waals surface area (Å²) in [5, 5.41) is 0. The first kappa shape index (κ1) is 14.6. The maximum atomic E-state index is 6.54. The van der Waals surface area contributed by atoms with Crippen LogP contribution in [-0.4, -0.2) is 15.6 Å². The normalized spacial score (nSPS) is 18.8. The van der Waals surface area contributed by atoms with E-state index >= 15 is 0 Å². The second kappa shape index (κ2) is 6.61. The predicted molar refractivity (Wildman–Crippen MR) is 88.3 cm³/mol. The SMILES string of the molecule is CCn1c(CC(N)C2CCCCCC2)nc2ccccc21. The Labute approximate surface area is 127 Å². The Kier molecular flexibility index (Phi) is 4.59. The van der Waals surface area contributed by atoms with Gasteiger partial charge in [0, 0.05) is 19.0 Å². The minimum Gasteiger partial charge on any atom is -0.328 e. The van der Waals surface area contributed by atoms with Crippen LogP contribution in [0.4, 0.5) is 0 Å². The van der Waals surface area contributed by atoms with Crippen LogP contribution in [0.15, 0.2) is 24.3 Å². The molecule has 0 aliphatic heterocycles. The molecule has 0 radical (unpaired) electrons. The Balaban J connectivity index is 1.80. The molecule has 114 valence electrons. The van der Waals surface area contributed by atoms with E-state index in [4.69, 9.17) is 10.7 Å². The Morgan fingerprint density at radius 2 is 1.90 bits per heavy atom. The van der Waals surface area contributed by atoms with Gasteiger partial charge in [-0.05, 0) is 37.8 Å². The van der Waals surface area contributed by atoms with Crippen molar-refractivity contribution in [2.75, 3.05) is 0 Å². The number of aryl methyl sites for hydroxylation is 1. The van der Waals surface area contributed by atoms with Gasteiger partial charge in [0.15, 0.2) is 0 Å². The summed E-state index contributed by atoms with van der Waals surface area (Å²) in [6.45, 7) is 3.15. The number of nitrogens with two attached hydrogens (primary N) is 1. The van der Waals surface area contributed by atoms with E-state index in [-0.39, 0.29) is 6.04 Å². The van der Waals surface area contributed by atoms with Crippen molar-refractivity contribution < 1.29 is 0 Å². The average molecular weight is 285 g/mol. The fourth-order valence-electron chi connectivity index (χ4n) is 3.75. The van der Waals surface area contributed by atoms with E-state index in [9.17, 15) is 0 Å². The van der Waals surface area contributed by atoms with E-state index in [0.717, 1.165) is 24.3 Å². The highest BCUT2D eigenvalue weighted by atomic mass is 15.1. The van der Waals surface area contributed by atoms with Gasteiger partial charge in [-0.25, -0.2) is 4.98 Å². The van der Waals surface area contributed by atoms with Crippen molar-refractivity contribution in [3.8, 4) is 0 Å². The molecular weight excluding hydrogens is 258 g/mol. The highest BCUT2D eigenvalue weighted by Crippen LogP contribution is 2.27. The quantitative estimate of drug-likeness (QED) is 0.866. The van der Waals surface area contributed by atoms with E-state index < -0.39 is 0 Å². The minimum absolute atomic E-state index is 0.255. The zero-order valence-corrected chi connectivity index (χ0v) is 13.1. The molecule has 3 heteroatoms. The summed E-state index contributed by atoms with van der Waals surface area (Å²) in [7, 11) is 0. The Morgan fingerprint density at radius 3 is 2.62 bits per heavy atom. The lowest BCUT2D eigenvalue weighted by Gasteiger charge is -2.22. The number of benzene rings is 1. The fourth-order valence-corrected chi connectivity index (χ4v) is 3.75. The molecular formula is C18H27N3. The van der Waals surface area contributed by atoms with Crippen molar-refractivity contribution >= 4 is 11.0 Å². The first-order valence-corrected chi connectivity index (χ1v) is 8.49. The number of hydrogen-bond acceptors (Lipinski definition) is 2. The van der Waals surface area contributed by atoms with Crippen LogP contribution in [-0.2, 0) is 13.0 Å². The third-order valence-corrected chi connectivity index (χ3v) is 4.97. The summed E-state index contributed by atoms with van der Waals surface area (Å²) < 4.78 is 2.33. The Bertz CT molecular complexity index is 579. The number of rotatable bonds is 4. The lowest BCUT2D eigenvalue weighted by Crippen LogP contribution is -2.33. The van der Waals surface area contributed by atoms with E-state index in [1.165, 1.54) is 44.0 Å². The van der Waals surface area contributed by atoms with E-state index in [1.807, 2.05) is 0 Å². The molecule has 1 atom stereocenters. The number of hydrogen-bond donors (Lipinski definition) is 1. The molecule has 3 nitrogen and oxygen atoms in total. The number of fused-ring (bicyclic) bond motifs is 1. The lowest BCUT2D eigenvalue weighted by molar-refractivity contribution is 0.366. The van der Waals surface area contributed by atoms with Crippen LogP contribution < -0.4 is 5.73 Å². The van der Waals surface area contributed by atoms with Crippen LogP contribution in [0.3, 0.4) is 0 Å². The molecule has 0 bridgehead atoms. The number of aromatic nitrogens is 2. The van der Waals surface area contributed by atoms with E-state index in [2.05, 4.69) is 35.8 Å². The van der Waals surface area contributed by atoms with Crippen molar-refractivity contribution in [3.05, 3.63) is 30.1 Å². The van der Waals surface area contributed by atoms with E-state index in [0.29, 0.717) is 5.92 Å². The van der Waals surface area contributed by atoms with Crippen LogP contribution in [0, 0.1) is 5.92 Å². The first-order valence-electron chi connectivity index (χ1n) is 8.49. The minimum atomic E-state index is 0.255. The van der Waals surface area contributed by atoms with Crippen molar-refractivity contribution in [2.24, 2.45) is 11.7 Å². The van der Waals surface area contributed by atoms with Gasteiger partial charge in [-0.1, -0.05) is 37.8 Å². The largest absolute Gasteiger partial charge is 0.328 e. The van der Waals surface area contributed by atoms with Gasteiger partial charge in [0.1, 0.15) is 5.82 Å². The molecule has 0 spiro atoms. The summed E-state index contributed by atoms with van der Waals surface area (Å²) in [6.07, 6.45) is 8.98. The van der Waals surface area contributed by atoms with Gasteiger partial charge in [-0.3, -0.25) is 0 Å². The van der Waals surface area contributed by atoms with Gasteiger partial charge < -0.3 is 10.3 Å². The maximum absolute atomic E-state index is 6.54. The van der Waals surface area contributed by atoms with Crippen LogP contribution in [0.2, 0.25) is 0 Å². The van der Waals surface area contributed by atoms with Crippen molar-refractivity contribution in [1.82, 2.24) is 9.55 Å². The standard InChI is InChI=1S/C18H27N3/c1-2-21-17-12-8-7-11-16(17)20-18(21)13-15(19)14-9-5-3-4-6-10-14/h7-8,11-12,14-15H,2-6,9-10,13,19H2,1H3. The van der Waals surface area contributed by atoms with Gasteiger partial charge in [0.25, 0.3) is 0 Å². The van der Waals surface area contributed by atoms with Gasteiger partial charge in [-0.2, -0.15) is 0 Å². The van der Waals surface area contributed by atoms with Gasteiger partial charge >= 0.3 is 0 Å². The molecule has 1 heterocycles. The molecule has 1 aliphatic carbocycles. The molecule has 1 aliphatic rings. The van der Waals surface area contributed by atoms with Crippen LogP contribution in [0.5, 0.6) is 0 Å². The second-order valence-corrected chi connectivity index (χ2v) is 6.38. The third-order valence-electron chi connectivity index (χ3n) is 4.97. The Morgan fingerprint density at radius 1 is 1.19 bits per heavy atom. The molecule has 1 aromatic heterocycles. The molecule has 0 amide bonds. The molecule has 2 N–H and O–H groups in total. The summed E-state index contributed by atoms with van der Waals surface area (Å²) >= 11 is 0. The monoisotopic (exact) mass is 285 g/mol. The van der Waals surface area contributed by atoms with Gasteiger partial charge in [0.05, 0.1) is 11.0 Å². The molecule has 0 saturated heterocycles. The smallest absolute Gasteiger partial charge is 0.111 e. The summed E-state index contributed by atoms with van der Waals surface area (Å²) in [6, 6.07) is 8.66. The molecule has 21 heavy (non-hydrogen) atoms. The molecule has 1 aromatic carbocycles. The van der Waals surface area contributed by atoms with Crippen LogP contribution >= 0.6 is 0 Å². The first-order chi connectivity index (χ1) is 10.3. The summed E-state index contributed by atoms with van der Waals surface area (Å²) in [5.74, 6) is 1.84. The summed E-state index contributed by atoms with van der Waals surface area (Å²) in [4.78, 5) is 4.82. The van der Waals surface area contributed by atoms with E-state index in [1.54, 1.807) is 0 Å². The number of imidazole rings is 1. The van der Waals surface area contributed by atoms with Gasteiger partial charge in [0.2, 0.25) is 0 Å². The highest BCUT2D eigenvalue weighted by Gasteiger charge is 2.22. The zero-order chi connectivity index (χ0) is 14.7. The topological polar surface area (TPSA) is 43.8 Å². The lowest BCUT2D eigenvalue weighted by atomic mass is 9.90. The molecule has 1 fully saturated rings. The van der Waals surface area contributed by atoms with Gasteiger partial charge in [-0.15, -0.1) is 0 Å².